The quantitative estimate of drug-likeness (QED) is 0.480. The fourth-order valence-corrected chi connectivity index (χ4v) is 4.93. The van der Waals surface area contributed by atoms with Crippen molar-refractivity contribution in [3.63, 3.8) is 0 Å². The molecular formula is C23H23Cl2N3O3. The predicted molar refractivity (Wildman–Crippen MR) is 121 cm³/mol. The van der Waals surface area contributed by atoms with Crippen molar-refractivity contribution in [2.75, 3.05) is 4.90 Å². The van der Waals surface area contributed by atoms with Gasteiger partial charge in [-0.05, 0) is 56.5 Å². The molecule has 1 aliphatic carbocycles. The Morgan fingerprint density at radius 2 is 1.77 bits per heavy atom. The molecule has 0 bridgehead atoms. The Labute approximate surface area is 190 Å². The number of carbonyl (C=O) groups is 3. The molecule has 1 aromatic heterocycles. The lowest BCUT2D eigenvalue weighted by atomic mass is 9.95. The number of nitrogens with one attached hydrogen (secondary N) is 1. The molecule has 0 radical (unpaired) electrons. The maximum absolute atomic E-state index is 13.2. The van der Waals surface area contributed by atoms with Gasteiger partial charge in [-0.15, -0.1) is 0 Å². The average molecular weight is 460 g/mol. The molecule has 1 N–H and O–H groups in total. The van der Waals surface area contributed by atoms with Crippen LogP contribution in [0.4, 0.5) is 10.5 Å². The van der Waals surface area contributed by atoms with Gasteiger partial charge in [0, 0.05) is 17.4 Å². The Morgan fingerprint density at radius 3 is 2.48 bits per heavy atom. The number of carbonyl (C=O) groups excluding carboxylic acids is 3. The van der Waals surface area contributed by atoms with Crippen molar-refractivity contribution in [2.24, 2.45) is 0 Å². The molecule has 1 saturated carbocycles. The molecule has 162 valence electrons. The summed E-state index contributed by atoms with van der Waals surface area (Å²) in [7, 11) is 0. The molecule has 4 amide bonds. The van der Waals surface area contributed by atoms with E-state index in [0.717, 1.165) is 34.7 Å². The van der Waals surface area contributed by atoms with Gasteiger partial charge in [0.15, 0.2) is 0 Å². The first-order chi connectivity index (χ1) is 14.8. The van der Waals surface area contributed by atoms with Gasteiger partial charge in [0.1, 0.15) is 5.57 Å². The maximum Gasteiger partial charge on any atom is 0.336 e. The Bertz CT molecular complexity index is 1110. The largest absolute Gasteiger partial charge is 0.346 e. The van der Waals surface area contributed by atoms with Crippen molar-refractivity contribution in [1.29, 1.82) is 0 Å². The molecule has 0 spiro atoms. The normalized spacial score (nSPS) is 19.3. The number of halogens is 2. The lowest BCUT2D eigenvalue weighted by molar-refractivity contribution is -0.122. The van der Waals surface area contributed by atoms with Gasteiger partial charge in [-0.1, -0.05) is 48.5 Å². The van der Waals surface area contributed by atoms with E-state index in [1.807, 2.05) is 19.9 Å². The Kier molecular flexibility index (Phi) is 5.95. The molecule has 0 atom stereocenters. The minimum absolute atomic E-state index is 0.0665. The Balaban J connectivity index is 1.73. The van der Waals surface area contributed by atoms with Crippen LogP contribution in [0.5, 0.6) is 0 Å². The van der Waals surface area contributed by atoms with Crippen LogP contribution in [0.25, 0.3) is 6.08 Å². The zero-order valence-corrected chi connectivity index (χ0v) is 18.9. The number of nitrogens with zero attached hydrogens (tertiary/aromatic N) is 2. The number of aromatic nitrogens is 1. The first-order valence-corrected chi connectivity index (χ1v) is 11.1. The number of rotatable bonds is 3. The molecule has 2 aromatic rings. The van der Waals surface area contributed by atoms with Crippen molar-refractivity contribution in [2.45, 2.75) is 52.0 Å². The maximum atomic E-state index is 13.2. The van der Waals surface area contributed by atoms with E-state index in [1.165, 1.54) is 25.3 Å². The zero-order chi connectivity index (χ0) is 22.3. The first-order valence-electron chi connectivity index (χ1n) is 10.3. The number of imide groups is 2. The third kappa shape index (κ3) is 3.90. The van der Waals surface area contributed by atoms with Gasteiger partial charge < -0.3 is 4.57 Å². The summed E-state index contributed by atoms with van der Waals surface area (Å²) in [5.41, 5.74) is 2.88. The summed E-state index contributed by atoms with van der Waals surface area (Å²) in [5, 5.41) is 2.50. The molecule has 8 heteroatoms. The third-order valence-corrected chi connectivity index (χ3v) is 6.85. The predicted octanol–water partition coefficient (Wildman–Crippen LogP) is 5.58. The van der Waals surface area contributed by atoms with E-state index in [0.29, 0.717) is 6.04 Å². The molecule has 1 aromatic carbocycles. The topological polar surface area (TPSA) is 71.4 Å². The first kappa shape index (κ1) is 21.7. The number of benzene rings is 1. The summed E-state index contributed by atoms with van der Waals surface area (Å²) in [6.07, 6.45) is 7.48. The summed E-state index contributed by atoms with van der Waals surface area (Å²) in [4.78, 5) is 39.0. The fourth-order valence-electron chi connectivity index (χ4n) is 4.55. The van der Waals surface area contributed by atoms with E-state index >= 15 is 0 Å². The second-order valence-corrected chi connectivity index (χ2v) is 8.80. The van der Waals surface area contributed by atoms with Crippen LogP contribution in [0, 0.1) is 13.8 Å². The minimum atomic E-state index is -0.857. The van der Waals surface area contributed by atoms with Crippen LogP contribution in [-0.4, -0.2) is 22.4 Å². The second-order valence-electron chi connectivity index (χ2n) is 8.02. The number of barbiturate groups is 1. The van der Waals surface area contributed by atoms with Gasteiger partial charge in [0.25, 0.3) is 11.8 Å². The van der Waals surface area contributed by atoms with Crippen LogP contribution in [0.15, 0.2) is 29.8 Å². The number of hydrogen-bond acceptors (Lipinski definition) is 3. The Morgan fingerprint density at radius 1 is 1.06 bits per heavy atom. The number of amides is 4. The van der Waals surface area contributed by atoms with Crippen LogP contribution >= 0.6 is 23.2 Å². The molecule has 1 saturated heterocycles. The molecule has 6 nitrogen and oxygen atoms in total. The fraction of sp³-hybridized carbons (Fsp3) is 0.348. The monoisotopic (exact) mass is 459 g/mol. The van der Waals surface area contributed by atoms with Crippen LogP contribution in [-0.2, 0) is 9.59 Å². The number of urea groups is 1. The highest BCUT2D eigenvalue weighted by Crippen LogP contribution is 2.35. The number of aryl methyl sites for hydroxylation is 1. The average Bonchev–Trinajstić information content (AvgIpc) is 3.02. The van der Waals surface area contributed by atoms with Gasteiger partial charge in [-0.25, -0.2) is 9.69 Å². The summed E-state index contributed by atoms with van der Waals surface area (Å²) < 4.78 is 2.30. The zero-order valence-electron chi connectivity index (χ0n) is 17.4. The molecule has 31 heavy (non-hydrogen) atoms. The van der Waals surface area contributed by atoms with Gasteiger partial charge in [-0.3, -0.25) is 14.9 Å². The van der Waals surface area contributed by atoms with Gasteiger partial charge in [-0.2, -0.15) is 0 Å². The van der Waals surface area contributed by atoms with Crippen molar-refractivity contribution in [3.05, 3.63) is 56.8 Å². The van der Waals surface area contributed by atoms with Crippen molar-refractivity contribution in [3.8, 4) is 0 Å². The highest BCUT2D eigenvalue weighted by atomic mass is 35.5. The van der Waals surface area contributed by atoms with Gasteiger partial charge in [0.05, 0.1) is 15.7 Å². The summed E-state index contributed by atoms with van der Waals surface area (Å²) >= 11 is 12.3. The van der Waals surface area contributed by atoms with Crippen molar-refractivity contribution < 1.29 is 14.4 Å². The third-order valence-electron chi connectivity index (χ3n) is 6.04. The van der Waals surface area contributed by atoms with Crippen molar-refractivity contribution >= 4 is 52.8 Å². The molecule has 2 fully saturated rings. The summed E-state index contributed by atoms with van der Waals surface area (Å²) in [6.45, 7) is 4.03. The summed E-state index contributed by atoms with van der Waals surface area (Å²) in [5.74, 6) is -1.47. The van der Waals surface area contributed by atoms with Gasteiger partial charge in [0.2, 0.25) is 0 Å². The van der Waals surface area contributed by atoms with E-state index in [-0.39, 0.29) is 21.3 Å². The van der Waals surface area contributed by atoms with E-state index in [4.69, 9.17) is 23.2 Å². The van der Waals surface area contributed by atoms with Crippen molar-refractivity contribution in [1.82, 2.24) is 9.88 Å². The lowest BCUT2D eigenvalue weighted by Crippen LogP contribution is -2.54. The van der Waals surface area contributed by atoms with Gasteiger partial charge >= 0.3 is 6.03 Å². The smallest absolute Gasteiger partial charge is 0.336 e. The lowest BCUT2D eigenvalue weighted by Gasteiger charge is -2.27. The van der Waals surface area contributed by atoms with E-state index in [9.17, 15) is 14.4 Å². The number of anilines is 1. The highest BCUT2D eigenvalue weighted by Gasteiger charge is 2.38. The van der Waals surface area contributed by atoms with Crippen LogP contribution in [0.3, 0.4) is 0 Å². The minimum Gasteiger partial charge on any atom is -0.346 e. The molecule has 1 aliphatic heterocycles. The summed E-state index contributed by atoms with van der Waals surface area (Å²) in [6, 6.07) is 6.20. The SMILES string of the molecule is Cc1cc(/C=C2\C(=O)NC(=O)N(c3cccc(Cl)c3Cl)C2=O)c(C)n1C1CCCCC1. The molecular weight excluding hydrogens is 437 g/mol. The standard InChI is InChI=1S/C23H23Cl2N3O3/c1-13-11-15(14(2)27(13)16-7-4-3-5-8-16)12-17-21(29)26-23(31)28(22(17)30)19-10-6-9-18(24)20(19)25/h6,9-12,16H,3-5,7-8H2,1-2H3,(H,26,29,31)/b17-12+. The molecule has 2 heterocycles. The second kappa shape index (κ2) is 8.52. The van der Waals surface area contributed by atoms with E-state index < -0.39 is 17.8 Å². The Hall–Kier alpha value is -2.57. The molecule has 0 unspecified atom stereocenters. The molecule has 4 rings (SSSR count). The number of hydrogen-bond donors (Lipinski definition) is 1. The highest BCUT2D eigenvalue weighted by molar-refractivity contribution is 6.46. The van der Waals surface area contributed by atoms with E-state index in [2.05, 4.69) is 9.88 Å². The molecule has 2 aliphatic rings. The van der Waals surface area contributed by atoms with E-state index in [1.54, 1.807) is 18.2 Å². The van der Waals surface area contributed by atoms with Crippen LogP contribution in [0.1, 0.15) is 55.1 Å². The van der Waals surface area contributed by atoms with Crippen LogP contribution < -0.4 is 10.2 Å². The van der Waals surface area contributed by atoms with Crippen LogP contribution in [0.2, 0.25) is 10.0 Å².